The monoisotopic (exact) mass is 280 g/mol. The molecule has 5 heteroatoms. The van der Waals surface area contributed by atoms with Gasteiger partial charge in [0.2, 0.25) is 0 Å². The Labute approximate surface area is 122 Å². The molecule has 1 aromatic rings. The Morgan fingerprint density at radius 2 is 2.40 bits per heavy atom. The predicted molar refractivity (Wildman–Crippen MR) is 80.8 cm³/mol. The molecule has 2 heterocycles. The van der Waals surface area contributed by atoms with E-state index in [1.165, 1.54) is 18.4 Å². The Bertz CT molecular complexity index is 412. The molecule has 0 spiro atoms. The van der Waals surface area contributed by atoms with Gasteiger partial charge in [-0.1, -0.05) is 0 Å². The summed E-state index contributed by atoms with van der Waals surface area (Å²) < 4.78 is 7.18. The molecule has 1 saturated heterocycles. The van der Waals surface area contributed by atoms with Crippen LogP contribution in [0.15, 0.2) is 6.20 Å². The van der Waals surface area contributed by atoms with Crippen molar-refractivity contribution < 1.29 is 4.74 Å². The lowest BCUT2D eigenvalue weighted by Gasteiger charge is -2.31. The van der Waals surface area contributed by atoms with E-state index < -0.39 is 0 Å². The highest BCUT2D eigenvalue weighted by Crippen LogP contribution is 2.23. The fourth-order valence-electron chi connectivity index (χ4n) is 3.07. The summed E-state index contributed by atoms with van der Waals surface area (Å²) in [6.45, 7) is 8.34. The number of nitrogens with zero attached hydrogens (tertiary/aromatic N) is 3. The van der Waals surface area contributed by atoms with Crippen molar-refractivity contribution in [1.29, 1.82) is 0 Å². The number of hydrogen-bond donors (Lipinski definition) is 1. The SMILES string of the molecule is COCCN(CC1CCCN1)C(C)c1cn(C)nc1C. The molecule has 114 valence electrons. The Morgan fingerprint density at radius 3 is 2.95 bits per heavy atom. The molecule has 0 bridgehead atoms. The van der Waals surface area contributed by atoms with Crippen molar-refractivity contribution in [1.82, 2.24) is 20.0 Å². The van der Waals surface area contributed by atoms with Crippen LogP contribution in [0, 0.1) is 6.92 Å². The number of aromatic nitrogens is 2. The van der Waals surface area contributed by atoms with Gasteiger partial charge < -0.3 is 10.1 Å². The molecule has 1 fully saturated rings. The molecule has 20 heavy (non-hydrogen) atoms. The smallest absolute Gasteiger partial charge is 0.0641 e. The van der Waals surface area contributed by atoms with Crippen LogP contribution in [-0.2, 0) is 11.8 Å². The Kier molecular flexibility index (Phi) is 5.57. The summed E-state index contributed by atoms with van der Waals surface area (Å²) in [6.07, 6.45) is 4.72. The second-order valence-corrected chi connectivity index (χ2v) is 5.80. The summed E-state index contributed by atoms with van der Waals surface area (Å²) in [7, 11) is 3.76. The highest BCUT2D eigenvalue weighted by atomic mass is 16.5. The first-order valence-electron chi connectivity index (χ1n) is 7.58. The number of hydrogen-bond acceptors (Lipinski definition) is 4. The fourth-order valence-corrected chi connectivity index (χ4v) is 3.07. The molecule has 5 nitrogen and oxygen atoms in total. The van der Waals surface area contributed by atoms with Crippen LogP contribution in [0.1, 0.15) is 37.1 Å². The summed E-state index contributed by atoms with van der Waals surface area (Å²) >= 11 is 0. The van der Waals surface area contributed by atoms with Crippen molar-refractivity contribution in [3.05, 3.63) is 17.5 Å². The van der Waals surface area contributed by atoms with Gasteiger partial charge in [0.1, 0.15) is 0 Å². The molecule has 1 aliphatic heterocycles. The highest BCUT2D eigenvalue weighted by molar-refractivity contribution is 5.19. The van der Waals surface area contributed by atoms with E-state index in [0.717, 1.165) is 31.9 Å². The molecular formula is C15H28N4O. The quantitative estimate of drug-likeness (QED) is 0.822. The molecule has 1 aromatic heterocycles. The topological polar surface area (TPSA) is 42.3 Å². The summed E-state index contributed by atoms with van der Waals surface area (Å²) in [5.74, 6) is 0. The van der Waals surface area contributed by atoms with Crippen molar-refractivity contribution in [2.45, 2.75) is 38.8 Å². The summed E-state index contributed by atoms with van der Waals surface area (Å²) in [4.78, 5) is 2.51. The van der Waals surface area contributed by atoms with Crippen molar-refractivity contribution in [3.8, 4) is 0 Å². The Hall–Kier alpha value is -0.910. The summed E-state index contributed by atoms with van der Waals surface area (Å²) in [5, 5.41) is 8.06. The minimum atomic E-state index is 0.376. The number of nitrogens with one attached hydrogen (secondary N) is 1. The molecule has 0 amide bonds. The van der Waals surface area contributed by atoms with Gasteiger partial charge in [0.25, 0.3) is 0 Å². The standard InChI is InChI=1S/C15H28N4O/c1-12-15(11-18(3)17-12)13(2)19(8-9-20-4)10-14-6-5-7-16-14/h11,13-14,16H,5-10H2,1-4H3. The molecule has 0 saturated carbocycles. The maximum atomic E-state index is 5.28. The van der Waals surface area contributed by atoms with Gasteiger partial charge in [-0.25, -0.2) is 0 Å². The van der Waals surface area contributed by atoms with E-state index in [-0.39, 0.29) is 0 Å². The third kappa shape index (κ3) is 3.81. The number of aryl methyl sites for hydroxylation is 2. The first-order chi connectivity index (χ1) is 9.61. The van der Waals surface area contributed by atoms with Gasteiger partial charge in [0.05, 0.1) is 12.3 Å². The van der Waals surface area contributed by atoms with E-state index >= 15 is 0 Å². The first-order valence-corrected chi connectivity index (χ1v) is 7.58. The average molecular weight is 280 g/mol. The maximum Gasteiger partial charge on any atom is 0.0641 e. The van der Waals surface area contributed by atoms with E-state index in [2.05, 4.69) is 35.4 Å². The summed E-state index contributed by atoms with van der Waals surface area (Å²) in [6, 6.07) is 0.993. The van der Waals surface area contributed by atoms with E-state index in [4.69, 9.17) is 4.74 Å². The molecular weight excluding hydrogens is 252 g/mol. The van der Waals surface area contributed by atoms with Crippen LogP contribution >= 0.6 is 0 Å². The van der Waals surface area contributed by atoms with Crippen LogP contribution in [0.5, 0.6) is 0 Å². The van der Waals surface area contributed by atoms with Gasteiger partial charge in [-0.15, -0.1) is 0 Å². The summed E-state index contributed by atoms with van der Waals surface area (Å²) in [5.41, 5.74) is 2.45. The van der Waals surface area contributed by atoms with Gasteiger partial charge >= 0.3 is 0 Å². The maximum absolute atomic E-state index is 5.28. The molecule has 2 unspecified atom stereocenters. The van der Waals surface area contributed by atoms with E-state index in [1.807, 2.05) is 11.7 Å². The van der Waals surface area contributed by atoms with Crippen LogP contribution in [-0.4, -0.2) is 54.1 Å². The zero-order chi connectivity index (χ0) is 14.5. The van der Waals surface area contributed by atoms with Gasteiger partial charge in [-0.3, -0.25) is 9.58 Å². The normalized spacial score (nSPS) is 20.8. The van der Waals surface area contributed by atoms with E-state index in [9.17, 15) is 0 Å². The van der Waals surface area contributed by atoms with Crippen molar-refractivity contribution in [2.24, 2.45) is 7.05 Å². The molecule has 1 N–H and O–H groups in total. The molecule has 0 aromatic carbocycles. The van der Waals surface area contributed by atoms with Gasteiger partial charge in [0.15, 0.2) is 0 Å². The third-order valence-electron chi connectivity index (χ3n) is 4.25. The Balaban J connectivity index is 2.05. The van der Waals surface area contributed by atoms with Crippen LogP contribution < -0.4 is 5.32 Å². The number of methoxy groups -OCH3 is 1. The molecule has 2 rings (SSSR count). The van der Waals surface area contributed by atoms with Crippen molar-refractivity contribution in [2.75, 3.05) is 33.4 Å². The molecule has 0 aliphatic carbocycles. The lowest BCUT2D eigenvalue weighted by molar-refractivity contribution is 0.117. The third-order valence-corrected chi connectivity index (χ3v) is 4.25. The minimum Gasteiger partial charge on any atom is -0.383 e. The second-order valence-electron chi connectivity index (χ2n) is 5.80. The zero-order valence-corrected chi connectivity index (χ0v) is 13.2. The Morgan fingerprint density at radius 1 is 1.60 bits per heavy atom. The van der Waals surface area contributed by atoms with E-state index in [0.29, 0.717) is 12.1 Å². The number of rotatable bonds is 7. The number of ether oxygens (including phenoxy) is 1. The zero-order valence-electron chi connectivity index (χ0n) is 13.2. The molecule has 0 radical (unpaired) electrons. The van der Waals surface area contributed by atoms with Gasteiger partial charge in [-0.05, 0) is 33.2 Å². The lowest BCUT2D eigenvalue weighted by atomic mass is 10.1. The van der Waals surface area contributed by atoms with Crippen LogP contribution in [0.3, 0.4) is 0 Å². The van der Waals surface area contributed by atoms with Crippen molar-refractivity contribution >= 4 is 0 Å². The van der Waals surface area contributed by atoms with Crippen LogP contribution in [0.25, 0.3) is 0 Å². The minimum absolute atomic E-state index is 0.376. The van der Waals surface area contributed by atoms with Crippen LogP contribution in [0.4, 0.5) is 0 Å². The first kappa shape index (κ1) is 15.5. The fraction of sp³-hybridized carbons (Fsp3) is 0.800. The van der Waals surface area contributed by atoms with E-state index in [1.54, 1.807) is 7.11 Å². The largest absolute Gasteiger partial charge is 0.383 e. The lowest BCUT2D eigenvalue weighted by Crippen LogP contribution is -2.40. The van der Waals surface area contributed by atoms with Crippen LogP contribution in [0.2, 0.25) is 0 Å². The molecule has 1 aliphatic rings. The van der Waals surface area contributed by atoms with Gasteiger partial charge in [0, 0.05) is 51.1 Å². The predicted octanol–water partition coefficient (Wildman–Crippen LogP) is 1.49. The second kappa shape index (κ2) is 7.20. The van der Waals surface area contributed by atoms with Gasteiger partial charge in [-0.2, -0.15) is 5.10 Å². The average Bonchev–Trinajstić information content (AvgIpc) is 3.03. The van der Waals surface area contributed by atoms with Crippen molar-refractivity contribution in [3.63, 3.8) is 0 Å². The highest BCUT2D eigenvalue weighted by Gasteiger charge is 2.24. The molecule has 2 atom stereocenters.